The number of furan rings is 1. The molecule has 12 heteroatoms. The van der Waals surface area contributed by atoms with Gasteiger partial charge in [-0.15, -0.1) is 13.2 Å². The van der Waals surface area contributed by atoms with E-state index in [0.717, 1.165) is 5.56 Å². The molecule has 0 aliphatic carbocycles. The minimum Gasteiger partial charge on any atom is -0.472 e. The Morgan fingerprint density at radius 3 is 2.53 bits per heavy atom. The normalized spacial score (nSPS) is 19.9. The van der Waals surface area contributed by atoms with Crippen molar-refractivity contribution in [2.45, 2.75) is 18.7 Å². The summed E-state index contributed by atoms with van der Waals surface area (Å²) in [6.45, 7) is 2.59. The fraction of sp³-hybridized carbons (Fsp3) is 0.269. The minimum absolute atomic E-state index is 0.0153. The molecular formula is C26H22F3N5O4. The van der Waals surface area contributed by atoms with Gasteiger partial charge in [0.1, 0.15) is 30.2 Å². The molecule has 2 unspecified atom stereocenters. The van der Waals surface area contributed by atoms with Crippen LogP contribution in [0.4, 0.5) is 24.7 Å². The number of carbonyl (C=O) groups excluding carboxylic acids is 1. The van der Waals surface area contributed by atoms with E-state index >= 15 is 0 Å². The zero-order chi connectivity index (χ0) is 26.3. The number of nitrogens with zero attached hydrogens (tertiary/aromatic N) is 4. The number of carbonyl (C=O) groups is 1. The number of epoxide rings is 1. The maximum atomic E-state index is 13.2. The number of alkyl halides is 3. The first-order valence-corrected chi connectivity index (χ1v) is 11.9. The van der Waals surface area contributed by atoms with Gasteiger partial charge in [0.05, 0.1) is 18.0 Å². The molecule has 2 aliphatic rings. The van der Waals surface area contributed by atoms with E-state index in [9.17, 15) is 18.0 Å². The third-order valence-electron chi connectivity index (χ3n) is 6.54. The lowest BCUT2D eigenvalue weighted by Gasteiger charge is -2.34. The first-order valence-electron chi connectivity index (χ1n) is 11.9. The van der Waals surface area contributed by atoms with E-state index in [2.05, 4.69) is 24.9 Å². The summed E-state index contributed by atoms with van der Waals surface area (Å²) in [5.41, 5.74) is 2.63. The summed E-state index contributed by atoms with van der Waals surface area (Å²) in [6.07, 6.45) is -0.0303. The van der Waals surface area contributed by atoms with Crippen molar-refractivity contribution in [3.8, 4) is 5.75 Å². The Hall–Kier alpha value is -4.16. The van der Waals surface area contributed by atoms with Crippen molar-refractivity contribution >= 4 is 28.3 Å². The van der Waals surface area contributed by atoms with Crippen LogP contribution >= 0.6 is 0 Å². The van der Waals surface area contributed by atoms with E-state index in [4.69, 9.17) is 9.15 Å². The summed E-state index contributed by atoms with van der Waals surface area (Å²) in [5.74, 6) is 0.0637. The van der Waals surface area contributed by atoms with Crippen LogP contribution in [-0.2, 0) is 4.74 Å². The number of piperazine rings is 1. The van der Waals surface area contributed by atoms with Crippen LogP contribution < -0.4 is 10.1 Å². The second kappa shape index (κ2) is 9.62. The lowest BCUT2D eigenvalue weighted by molar-refractivity contribution is -0.274. The van der Waals surface area contributed by atoms with Gasteiger partial charge >= 0.3 is 6.36 Å². The highest BCUT2D eigenvalue weighted by Gasteiger charge is 2.46. The van der Waals surface area contributed by atoms with Crippen molar-refractivity contribution in [3.63, 3.8) is 0 Å². The largest absolute Gasteiger partial charge is 0.573 e. The number of aromatic nitrogens is 2. The third-order valence-corrected chi connectivity index (χ3v) is 6.54. The van der Waals surface area contributed by atoms with Crippen LogP contribution in [0.25, 0.3) is 10.9 Å². The highest BCUT2D eigenvalue weighted by molar-refractivity contribution is 6.00. The summed E-state index contributed by atoms with van der Waals surface area (Å²) in [6, 6.07) is 12.4. The zero-order valence-corrected chi connectivity index (χ0v) is 19.9. The van der Waals surface area contributed by atoms with Crippen LogP contribution in [0.15, 0.2) is 71.8 Å². The molecule has 2 aromatic heterocycles. The highest BCUT2D eigenvalue weighted by Crippen LogP contribution is 2.41. The molecule has 0 bridgehead atoms. The van der Waals surface area contributed by atoms with Crippen LogP contribution in [-0.4, -0.2) is 64.4 Å². The average Bonchev–Trinajstić information content (AvgIpc) is 3.52. The predicted octanol–water partition coefficient (Wildman–Crippen LogP) is 4.72. The van der Waals surface area contributed by atoms with E-state index in [1.807, 2.05) is 11.0 Å². The maximum Gasteiger partial charge on any atom is 0.573 e. The monoisotopic (exact) mass is 525 g/mol. The Balaban J connectivity index is 1.10. The Morgan fingerprint density at radius 1 is 1.03 bits per heavy atom. The lowest BCUT2D eigenvalue weighted by Crippen LogP contribution is -2.49. The quantitative estimate of drug-likeness (QED) is 0.362. The van der Waals surface area contributed by atoms with Crippen LogP contribution in [0.3, 0.4) is 0 Å². The molecule has 9 nitrogen and oxygen atoms in total. The van der Waals surface area contributed by atoms with Crippen molar-refractivity contribution in [1.29, 1.82) is 0 Å². The highest BCUT2D eigenvalue weighted by atomic mass is 19.4. The number of anilines is 2. The van der Waals surface area contributed by atoms with Gasteiger partial charge in [-0.05, 0) is 48.5 Å². The molecule has 0 saturated carbocycles. The maximum absolute atomic E-state index is 13.2. The van der Waals surface area contributed by atoms with Gasteiger partial charge in [-0.1, -0.05) is 0 Å². The SMILES string of the molecule is O=C(c1ccc2c(Nc3ccc(OC(F)(F)F)cc3)ncnc2c1)N1CCN(C2OC2c2ccoc2)CC1. The predicted molar refractivity (Wildman–Crippen MR) is 130 cm³/mol. The number of ether oxygens (including phenoxy) is 2. The second-order valence-corrected chi connectivity index (χ2v) is 8.98. The number of halogens is 3. The number of nitrogens with one attached hydrogen (secondary N) is 1. The molecule has 1 N–H and O–H groups in total. The number of fused-ring (bicyclic) bond motifs is 1. The topological polar surface area (TPSA) is 96.3 Å². The van der Waals surface area contributed by atoms with Gasteiger partial charge in [0.15, 0.2) is 0 Å². The number of amides is 1. The van der Waals surface area contributed by atoms with E-state index in [0.29, 0.717) is 54.2 Å². The molecule has 2 fully saturated rings. The van der Waals surface area contributed by atoms with Gasteiger partial charge in [-0.25, -0.2) is 9.97 Å². The van der Waals surface area contributed by atoms with Gasteiger partial charge in [0.2, 0.25) is 0 Å². The molecule has 4 aromatic rings. The summed E-state index contributed by atoms with van der Waals surface area (Å²) in [5, 5.41) is 3.74. The molecular weight excluding hydrogens is 503 g/mol. The number of hydrogen-bond donors (Lipinski definition) is 1. The van der Waals surface area contributed by atoms with Gasteiger partial charge in [-0.2, -0.15) is 0 Å². The Labute approximate surface area is 214 Å². The summed E-state index contributed by atoms with van der Waals surface area (Å²) in [4.78, 5) is 25.8. The van der Waals surface area contributed by atoms with Gasteiger partial charge < -0.3 is 24.1 Å². The van der Waals surface area contributed by atoms with E-state index < -0.39 is 6.36 Å². The zero-order valence-electron chi connectivity index (χ0n) is 19.9. The standard InChI is InChI=1S/C26H22F3N5O4/c27-26(28,29)38-19-4-2-18(3-5-19)32-23-20-6-1-16(13-21(20)30-15-31-23)24(35)33-8-10-34(11-9-33)25-22(37-25)17-7-12-36-14-17/h1-7,12-15,22,25H,8-11H2,(H,30,31,32). The number of benzene rings is 2. The van der Waals surface area contributed by atoms with Crippen LogP contribution in [0.5, 0.6) is 5.75 Å². The Morgan fingerprint density at radius 2 is 1.82 bits per heavy atom. The summed E-state index contributed by atoms with van der Waals surface area (Å²) >= 11 is 0. The van der Waals surface area contributed by atoms with Gasteiger partial charge in [0.25, 0.3) is 5.91 Å². The van der Waals surface area contributed by atoms with E-state index in [-0.39, 0.29) is 24.0 Å². The second-order valence-electron chi connectivity index (χ2n) is 8.98. The molecule has 0 spiro atoms. The average molecular weight is 525 g/mol. The first-order chi connectivity index (χ1) is 18.3. The molecule has 0 radical (unpaired) electrons. The number of rotatable bonds is 6. The van der Waals surface area contributed by atoms with Crippen molar-refractivity contribution in [2.75, 3.05) is 31.5 Å². The fourth-order valence-corrected chi connectivity index (χ4v) is 4.59. The molecule has 2 aliphatic heterocycles. The van der Waals surface area contributed by atoms with Gasteiger partial charge in [-0.3, -0.25) is 9.69 Å². The summed E-state index contributed by atoms with van der Waals surface area (Å²) in [7, 11) is 0. The molecule has 2 saturated heterocycles. The minimum atomic E-state index is -4.75. The molecule has 4 heterocycles. The fourth-order valence-electron chi connectivity index (χ4n) is 4.59. The molecule has 38 heavy (non-hydrogen) atoms. The third kappa shape index (κ3) is 5.13. The van der Waals surface area contributed by atoms with Crippen molar-refractivity contribution < 1.29 is 31.9 Å². The molecule has 196 valence electrons. The molecule has 6 rings (SSSR count). The molecule has 2 aromatic carbocycles. The van der Waals surface area contributed by atoms with E-state index in [1.165, 1.54) is 30.6 Å². The molecule has 1 amide bonds. The lowest BCUT2D eigenvalue weighted by atomic mass is 10.1. The van der Waals surface area contributed by atoms with Crippen molar-refractivity contribution in [2.24, 2.45) is 0 Å². The first kappa shape index (κ1) is 24.2. The smallest absolute Gasteiger partial charge is 0.472 e. The molecule has 2 atom stereocenters. The van der Waals surface area contributed by atoms with Crippen molar-refractivity contribution in [3.05, 3.63) is 78.5 Å². The van der Waals surface area contributed by atoms with E-state index in [1.54, 1.807) is 30.7 Å². The van der Waals surface area contributed by atoms with Crippen LogP contribution in [0.2, 0.25) is 0 Å². The van der Waals surface area contributed by atoms with Crippen LogP contribution in [0, 0.1) is 0 Å². The van der Waals surface area contributed by atoms with Crippen molar-refractivity contribution in [1.82, 2.24) is 19.8 Å². The Bertz CT molecular complexity index is 1440. The Kier molecular flexibility index (Phi) is 6.12. The van der Waals surface area contributed by atoms with Crippen LogP contribution in [0.1, 0.15) is 22.0 Å². The number of hydrogen-bond acceptors (Lipinski definition) is 8. The summed E-state index contributed by atoms with van der Waals surface area (Å²) < 4.78 is 52.0. The van der Waals surface area contributed by atoms with Gasteiger partial charge in [0, 0.05) is 48.4 Å².